The Hall–Kier alpha value is -1.88. The minimum absolute atomic E-state index is 0.0225. The molecule has 1 atom stereocenters. The number of rotatable bonds is 8. The quantitative estimate of drug-likeness (QED) is 0.380. The summed E-state index contributed by atoms with van der Waals surface area (Å²) in [6.07, 6.45) is -1.12. The third-order valence-electron chi connectivity index (χ3n) is 4.03. The van der Waals surface area contributed by atoms with Crippen molar-refractivity contribution in [2.24, 2.45) is 0 Å². The van der Waals surface area contributed by atoms with Crippen LogP contribution in [0.3, 0.4) is 0 Å². The fourth-order valence-corrected chi connectivity index (χ4v) is 2.87. The van der Waals surface area contributed by atoms with E-state index in [0.717, 1.165) is 4.90 Å². The topological polar surface area (TPSA) is 108 Å². The zero-order valence-corrected chi connectivity index (χ0v) is 14.5. The van der Waals surface area contributed by atoms with Gasteiger partial charge in [0.05, 0.1) is 32.8 Å². The van der Waals surface area contributed by atoms with Crippen molar-refractivity contribution in [1.82, 2.24) is 20.0 Å². The lowest BCUT2D eigenvalue weighted by Crippen LogP contribution is -2.70. The Morgan fingerprint density at radius 1 is 1.04 bits per heavy atom. The molecule has 10 heteroatoms. The van der Waals surface area contributed by atoms with Crippen LogP contribution in [-0.4, -0.2) is 104 Å². The van der Waals surface area contributed by atoms with Crippen LogP contribution in [0.5, 0.6) is 0 Å². The molecule has 140 valence electrons. The van der Waals surface area contributed by atoms with Crippen molar-refractivity contribution in [3.63, 3.8) is 0 Å². The third kappa shape index (κ3) is 4.82. The molecule has 0 spiro atoms. The summed E-state index contributed by atoms with van der Waals surface area (Å²) in [5.74, 6) is -2.07. The molecule has 1 unspecified atom stereocenters. The second-order valence-corrected chi connectivity index (χ2v) is 5.81. The van der Waals surface area contributed by atoms with E-state index < -0.39 is 29.8 Å². The molecule has 1 N–H and O–H groups in total. The van der Waals surface area contributed by atoms with Gasteiger partial charge in [0.25, 0.3) is 5.91 Å². The first-order valence-corrected chi connectivity index (χ1v) is 8.19. The maximum absolute atomic E-state index is 12.5. The number of nitrogens with zero attached hydrogens (tertiary/aromatic N) is 3. The molecule has 25 heavy (non-hydrogen) atoms. The summed E-state index contributed by atoms with van der Waals surface area (Å²) in [7, 11) is 1.49. The smallest absolute Gasteiger partial charge is 0.265 e. The lowest BCUT2D eigenvalue weighted by Gasteiger charge is -2.42. The second kappa shape index (κ2) is 8.99. The molecule has 2 fully saturated rings. The average Bonchev–Trinajstić information content (AvgIpc) is 2.54. The average molecular weight is 356 g/mol. The number of piperazine rings is 2. The first kappa shape index (κ1) is 19.4. The lowest BCUT2D eigenvalue weighted by atomic mass is 10.2. The Morgan fingerprint density at radius 3 is 2.32 bits per heavy atom. The number of hydrogen-bond donors (Lipinski definition) is 1. The Bertz CT molecular complexity index is 522. The van der Waals surface area contributed by atoms with E-state index in [2.05, 4.69) is 5.32 Å². The normalized spacial score (nSPS) is 23.3. The molecule has 2 heterocycles. The molecule has 0 radical (unpaired) electrons. The monoisotopic (exact) mass is 356 g/mol. The van der Waals surface area contributed by atoms with Gasteiger partial charge in [-0.2, -0.15) is 0 Å². The highest BCUT2D eigenvalue weighted by Gasteiger charge is 2.45. The lowest BCUT2D eigenvalue weighted by molar-refractivity contribution is -0.168. The first-order valence-electron chi connectivity index (χ1n) is 8.19. The molecule has 2 aliphatic rings. The van der Waals surface area contributed by atoms with Crippen LogP contribution in [0.15, 0.2) is 0 Å². The van der Waals surface area contributed by atoms with E-state index in [1.807, 2.05) is 6.92 Å². The number of imide groups is 2. The van der Waals surface area contributed by atoms with Gasteiger partial charge in [-0.05, 0) is 6.92 Å². The van der Waals surface area contributed by atoms with Crippen LogP contribution < -0.4 is 5.32 Å². The number of hydrogen-bond acceptors (Lipinski definition) is 8. The Morgan fingerprint density at radius 2 is 1.72 bits per heavy atom. The number of nitrogens with one attached hydrogen (secondary N) is 1. The Labute approximate surface area is 146 Å². The van der Waals surface area contributed by atoms with Gasteiger partial charge in [0.2, 0.25) is 17.7 Å². The molecule has 2 rings (SSSR count). The molecule has 2 aliphatic heterocycles. The van der Waals surface area contributed by atoms with Gasteiger partial charge in [0.15, 0.2) is 6.17 Å². The van der Waals surface area contributed by atoms with Gasteiger partial charge >= 0.3 is 0 Å². The molecule has 0 aromatic heterocycles. The molecule has 2 saturated heterocycles. The largest absolute Gasteiger partial charge is 0.383 e. The third-order valence-corrected chi connectivity index (χ3v) is 4.03. The van der Waals surface area contributed by atoms with Crippen molar-refractivity contribution in [3.8, 4) is 0 Å². The van der Waals surface area contributed by atoms with Crippen molar-refractivity contribution < 1.29 is 28.7 Å². The van der Waals surface area contributed by atoms with Gasteiger partial charge in [-0.25, -0.2) is 0 Å². The maximum Gasteiger partial charge on any atom is 0.265 e. The van der Waals surface area contributed by atoms with Crippen LogP contribution in [0, 0.1) is 0 Å². The van der Waals surface area contributed by atoms with Gasteiger partial charge in [-0.1, -0.05) is 0 Å². The van der Waals surface area contributed by atoms with E-state index in [1.165, 1.54) is 12.0 Å². The molecule has 0 aliphatic carbocycles. The van der Waals surface area contributed by atoms with Crippen LogP contribution in [0.1, 0.15) is 6.92 Å². The summed E-state index contributed by atoms with van der Waals surface area (Å²) in [5, 5.41) is 2.19. The van der Waals surface area contributed by atoms with E-state index >= 15 is 0 Å². The van der Waals surface area contributed by atoms with Gasteiger partial charge in [0, 0.05) is 26.8 Å². The zero-order chi connectivity index (χ0) is 18.4. The van der Waals surface area contributed by atoms with Crippen LogP contribution in [-0.2, 0) is 28.7 Å². The van der Waals surface area contributed by atoms with Gasteiger partial charge in [0.1, 0.15) is 0 Å². The van der Waals surface area contributed by atoms with Crippen LogP contribution >= 0.6 is 0 Å². The molecule has 0 aromatic carbocycles. The summed E-state index contributed by atoms with van der Waals surface area (Å²) in [6.45, 7) is 3.81. The molecule has 0 saturated carbocycles. The van der Waals surface area contributed by atoms with Crippen LogP contribution in [0.4, 0.5) is 0 Å². The SMILES string of the molecule is CCOCCN1CC(=O)N(C2C(=O)NC(=O)CN2CCOC)C(=O)C1. The summed E-state index contributed by atoms with van der Waals surface area (Å²) in [6, 6.07) is 0. The van der Waals surface area contributed by atoms with Gasteiger partial charge in [-0.3, -0.25) is 39.2 Å². The van der Waals surface area contributed by atoms with Crippen molar-refractivity contribution in [3.05, 3.63) is 0 Å². The van der Waals surface area contributed by atoms with Crippen LogP contribution in [0.25, 0.3) is 0 Å². The molecule has 4 amide bonds. The van der Waals surface area contributed by atoms with Gasteiger partial charge in [-0.15, -0.1) is 0 Å². The predicted octanol–water partition coefficient (Wildman–Crippen LogP) is -2.38. The number of amides is 4. The van der Waals surface area contributed by atoms with Gasteiger partial charge < -0.3 is 9.47 Å². The molecule has 10 nitrogen and oxygen atoms in total. The standard InChI is InChI=1S/C15H24N4O6/c1-3-25-7-4-17-9-12(21)19(13(22)10-17)15-14(23)16-11(20)8-18(15)5-6-24-2/h15H,3-10H2,1-2H3,(H,16,20,23). The Kier molecular flexibility index (Phi) is 7.00. The van der Waals surface area contributed by atoms with E-state index in [0.29, 0.717) is 19.8 Å². The fraction of sp³-hybridized carbons (Fsp3) is 0.733. The summed E-state index contributed by atoms with van der Waals surface area (Å²) in [4.78, 5) is 53.0. The molecular formula is C15H24N4O6. The van der Waals surface area contributed by atoms with E-state index in [-0.39, 0.29) is 32.8 Å². The van der Waals surface area contributed by atoms with Crippen molar-refractivity contribution in [1.29, 1.82) is 0 Å². The number of ether oxygens (including phenoxy) is 2. The molecule has 0 aromatic rings. The summed E-state index contributed by atoms with van der Waals surface area (Å²) >= 11 is 0. The highest BCUT2D eigenvalue weighted by molar-refractivity contribution is 6.07. The van der Waals surface area contributed by atoms with Crippen molar-refractivity contribution >= 4 is 23.6 Å². The molecular weight excluding hydrogens is 332 g/mol. The maximum atomic E-state index is 12.5. The minimum Gasteiger partial charge on any atom is -0.383 e. The summed E-state index contributed by atoms with van der Waals surface area (Å²) in [5.41, 5.74) is 0. The Balaban J connectivity index is 2.09. The second-order valence-electron chi connectivity index (χ2n) is 5.81. The highest BCUT2D eigenvalue weighted by atomic mass is 16.5. The van der Waals surface area contributed by atoms with E-state index in [4.69, 9.17) is 9.47 Å². The number of carbonyl (C=O) groups is 4. The summed E-state index contributed by atoms with van der Waals surface area (Å²) < 4.78 is 10.2. The number of carbonyl (C=O) groups excluding carboxylic acids is 4. The minimum atomic E-state index is -1.12. The van der Waals surface area contributed by atoms with Crippen molar-refractivity contribution in [2.45, 2.75) is 13.1 Å². The predicted molar refractivity (Wildman–Crippen MR) is 85.2 cm³/mol. The number of methoxy groups -OCH3 is 1. The van der Waals surface area contributed by atoms with Crippen LogP contribution in [0.2, 0.25) is 0 Å². The fourth-order valence-electron chi connectivity index (χ4n) is 2.87. The molecule has 0 bridgehead atoms. The highest BCUT2D eigenvalue weighted by Crippen LogP contribution is 2.16. The van der Waals surface area contributed by atoms with Crippen molar-refractivity contribution in [2.75, 3.05) is 59.7 Å². The zero-order valence-electron chi connectivity index (χ0n) is 14.5. The van der Waals surface area contributed by atoms with E-state index in [1.54, 1.807) is 4.90 Å². The first-order chi connectivity index (χ1) is 12.0. The van der Waals surface area contributed by atoms with E-state index in [9.17, 15) is 19.2 Å².